The van der Waals surface area contributed by atoms with Gasteiger partial charge in [0.2, 0.25) is 0 Å². The summed E-state index contributed by atoms with van der Waals surface area (Å²) in [5, 5.41) is 28.2. The van der Waals surface area contributed by atoms with Crippen molar-refractivity contribution in [2.45, 2.75) is 0 Å². The minimum atomic E-state index is -0.757. The largest absolute Gasteiger partial charge is 0.317 e. The highest BCUT2D eigenvalue weighted by molar-refractivity contribution is 6.05. The van der Waals surface area contributed by atoms with Gasteiger partial charge in [-0.3, -0.25) is 29.8 Å². The lowest BCUT2D eigenvalue weighted by Gasteiger charge is -2.09. The molecule has 2 amide bonds. The van der Waals surface area contributed by atoms with Crippen LogP contribution in [0.4, 0.5) is 11.4 Å². The van der Waals surface area contributed by atoms with E-state index in [1.54, 1.807) is 48.5 Å². The first kappa shape index (κ1) is 25.2. The Bertz CT molecular complexity index is 1370. The normalized spacial score (nSPS) is 11.4. The predicted molar refractivity (Wildman–Crippen MR) is 134 cm³/mol. The average molecular weight is 485 g/mol. The molecule has 0 aliphatic carbocycles. The van der Waals surface area contributed by atoms with Crippen LogP contribution in [-0.4, -0.2) is 27.9 Å². The van der Waals surface area contributed by atoms with Crippen LogP contribution < -0.4 is 10.7 Å². The minimum Gasteiger partial charge on any atom is -0.317 e. The molecule has 2 N–H and O–H groups in total. The van der Waals surface area contributed by atoms with Crippen LogP contribution in [0.2, 0.25) is 0 Å². The summed E-state index contributed by atoms with van der Waals surface area (Å²) in [5.41, 5.74) is 3.01. The van der Waals surface area contributed by atoms with Gasteiger partial charge in [0.25, 0.3) is 23.2 Å². The van der Waals surface area contributed by atoms with E-state index in [9.17, 15) is 29.8 Å². The molecule has 0 unspecified atom stereocenters. The third-order valence-electron chi connectivity index (χ3n) is 4.68. The molecule has 0 aromatic heterocycles. The molecule has 0 fully saturated rings. The van der Waals surface area contributed by atoms with E-state index in [-0.39, 0.29) is 17.1 Å². The van der Waals surface area contributed by atoms with Gasteiger partial charge >= 0.3 is 0 Å². The Morgan fingerprint density at radius 1 is 0.833 bits per heavy atom. The number of amides is 2. The molecular formula is C25H19N5O6. The second-order valence-corrected chi connectivity index (χ2v) is 7.12. The topological polar surface area (TPSA) is 157 Å². The van der Waals surface area contributed by atoms with Gasteiger partial charge in [0.1, 0.15) is 5.70 Å². The van der Waals surface area contributed by atoms with Crippen LogP contribution >= 0.6 is 0 Å². The molecule has 36 heavy (non-hydrogen) atoms. The Hall–Kier alpha value is -5.45. The van der Waals surface area contributed by atoms with Crippen molar-refractivity contribution in [1.29, 1.82) is 0 Å². The molecule has 3 aromatic rings. The van der Waals surface area contributed by atoms with E-state index < -0.39 is 21.7 Å². The smallest absolute Gasteiger partial charge is 0.287 e. The molecule has 0 atom stereocenters. The van der Waals surface area contributed by atoms with Gasteiger partial charge in [-0.05, 0) is 54.1 Å². The van der Waals surface area contributed by atoms with Gasteiger partial charge in [-0.2, -0.15) is 5.10 Å². The van der Waals surface area contributed by atoms with Crippen molar-refractivity contribution < 1.29 is 19.4 Å². The van der Waals surface area contributed by atoms with Crippen LogP contribution in [0, 0.1) is 20.2 Å². The van der Waals surface area contributed by atoms with Gasteiger partial charge in [0.05, 0.1) is 15.4 Å². The van der Waals surface area contributed by atoms with E-state index in [1.807, 2.05) is 0 Å². The van der Waals surface area contributed by atoms with E-state index in [2.05, 4.69) is 15.8 Å². The molecule has 3 aromatic carbocycles. The molecule has 0 saturated carbocycles. The Morgan fingerprint density at radius 2 is 1.50 bits per heavy atom. The van der Waals surface area contributed by atoms with Crippen molar-refractivity contribution in [3.8, 4) is 0 Å². The Balaban J connectivity index is 1.77. The van der Waals surface area contributed by atoms with Crippen molar-refractivity contribution in [2.75, 3.05) is 0 Å². The number of non-ortho nitro benzene ring substituents is 1. The lowest BCUT2D eigenvalue weighted by atomic mass is 10.1. The number of nitro groups is 2. The van der Waals surface area contributed by atoms with Crippen LogP contribution in [-0.2, 0) is 4.79 Å². The van der Waals surface area contributed by atoms with Crippen LogP contribution in [0.3, 0.4) is 0 Å². The average Bonchev–Trinajstić information content (AvgIpc) is 2.89. The van der Waals surface area contributed by atoms with Crippen molar-refractivity contribution in [3.63, 3.8) is 0 Å². The zero-order chi connectivity index (χ0) is 25.9. The fourth-order valence-corrected chi connectivity index (χ4v) is 2.94. The standard InChI is InChI=1S/C25H19N5O6/c31-24(20-8-2-1-3-9-20)27-22(17-18-12-14-21(15-13-18)29(33)34)25(32)28-26-16-6-10-19-7-4-5-11-23(19)30(35)36/h1-17H,(H,27,31)(H,28,32)/b10-6+,22-17-,26-16-. The van der Waals surface area contributed by atoms with E-state index in [0.717, 1.165) is 0 Å². The molecule has 11 nitrogen and oxygen atoms in total. The van der Waals surface area contributed by atoms with Crippen LogP contribution in [0.25, 0.3) is 12.2 Å². The molecule has 0 saturated heterocycles. The Labute approximate surface area is 204 Å². The number of hydrogen-bond donors (Lipinski definition) is 2. The van der Waals surface area contributed by atoms with Gasteiger partial charge < -0.3 is 5.32 Å². The molecular weight excluding hydrogens is 466 g/mol. The maximum absolute atomic E-state index is 12.7. The number of nitrogens with one attached hydrogen (secondary N) is 2. The van der Waals surface area contributed by atoms with E-state index in [0.29, 0.717) is 16.7 Å². The monoisotopic (exact) mass is 485 g/mol. The summed E-state index contributed by atoms with van der Waals surface area (Å²) in [6, 6.07) is 19.7. The molecule has 3 rings (SSSR count). The maximum Gasteiger partial charge on any atom is 0.287 e. The third-order valence-corrected chi connectivity index (χ3v) is 4.68. The molecule has 0 aliphatic heterocycles. The number of benzene rings is 3. The Morgan fingerprint density at radius 3 is 2.17 bits per heavy atom. The number of carbonyl (C=O) groups excluding carboxylic acids is 2. The highest BCUT2D eigenvalue weighted by atomic mass is 16.6. The summed E-state index contributed by atoms with van der Waals surface area (Å²) in [6.07, 6.45) is 5.43. The van der Waals surface area contributed by atoms with Crippen LogP contribution in [0.15, 0.2) is 95.7 Å². The zero-order valence-corrected chi connectivity index (χ0v) is 18.6. The number of para-hydroxylation sites is 1. The summed E-state index contributed by atoms with van der Waals surface area (Å²) in [7, 11) is 0. The quantitative estimate of drug-likeness (QED) is 0.201. The van der Waals surface area contributed by atoms with E-state index in [1.165, 1.54) is 54.8 Å². The van der Waals surface area contributed by atoms with Crippen LogP contribution in [0.1, 0.15) is 21.5 Å². The Kier molecular flexibility index (Phi) is 8.49. The molecule has 0 radical (unpaired) electrons. The first-order valence-corrected chi connectivity index (χ1v) is 10.4. The SMILES string of the molecule is O=C(N/N=C\C=C\c1ccccc1[N+](=O)[O-])/C(=C/c1ccc([N+](=O)[O-])cc1)NC(=O)c1ccccc1. The summed E-state index contributed by atoms with van der Waals surface area (Å²) < 4.78 is 0. The summed E-state index contributed by atoms with van der Waals surface area (Å²) in [4.78, 5) is 46.2. The van der Waals surface area contributed by atoms with Crippen molar-refractivity contribution in [1.82, 2.24) is 10.7 Å². The second-order valence-electron chi connectivity index (χ2n) is 7.12. The number of rotatable bonds is 9. The highest BCUT2D eigenvalue weighted by Crippen LogP contribution is 2.18. The number of hydrogen-bond acceptors (Lipinski definition) is 7. The summed E-state index contributed by atoms with van der Waals surface area (Å²) >= 11 is 0. The molecule has 0 aliphatic rings. The summed E-state index contributed by atoms with van der Waals surface area (Å²) in [6.45, 7) is 0. The fourth-order valence-electron chi connectivity index (χ4n) is 2.94. The number of carbonyl (C=O) groups is 2. The first-order valence-electron chi connectivity index (χ1n) is 10.4. The molecule has 0 spiro atoms. The van der Waals surface area contributed by atoms with E-state index >= 15 is 0 Å². The third kappa shape index (κ3) is 7.02. The molecule has 0 bridgehead atoms. The lowest BCUT2D eigenvalue weighted by molar-refractivity contribution is -0.385. The second kappa shape index (κ2) is 12.1. The minimum absolute atomic E-state index is 0.0804. The molecule has 0 heterocycles. The van der Waals surface area contributed by atoms with E-state index in [4.69, 9.17) is 0 Å². The van der Waals surface area contributed by atoms with Gasteiger partial charge in [0.15, 0.2) is 0 Å². The number of nitro benzene ring substituents is 2. The first-order chi connectivity index (χ1) is 17.3. The molecule has 180 valence electrons. The fraction of sp³-hybridized carbons (Fsp3) is 0. The van der Waals surface area contributed by atoms with Gasteiger partial charge in [0, 0.05) is 30.0 Å². The number of hydrazone groups is 1. The number of allylic oxidation sites excluding steroid dienone is 1. The highest BCUT2D eigenvalue weighted by Gasteiger charge is 2.15. The van der Waals surface area contributed by atoms with Gasteiger partial charge in [-0.25, -0.2) is 5.43 Å². The maximum atomic E-state index is 12.7. The summed E-state index contributed by atoms with van der Waals surface area (Å²) in [5.74, 6) is -1.30. The van der Waals surface area contributed by atoms with Gasteiger partial charge in [-0.1, -0.05) is 30.3 Å². The van der Waals surface area contributed by atoms with Crippen molar-refractivity contribution >= 4 is 41.6 Å². The van der Waals surface area contributed by atoms with Crippen molar-refractivity contribution in [3.05, 3.63) is 128 Å². The predicted octanol–water partition coefficient (Wildman–Crippen LogP) is 4.09. The van der Waals surface area contributed by atoms with Crippen LogP contribution in [0.5, 0.6) is 0 Å². The van der Waals surface area contributed by atoms with Crippen molar-refractivity contribution in [2.24, 2.45) is 5.10 Å². The number of nitrogens with zero attached hydrogens (tertiary/aromatic N) is 3. The zero-order valence-electron chi connectivity index (χ0n) is 18.6. The lowest BCUT2D eigenvalue weighted by Crippen LogP contribution is -2.32. The van der Waals surface area contributed by atoms with Gasteiger partial charge in [-0.15, -0.1) is 0 Å². The molecule has 11 heteroatoms.